The summed E-state index contributed by atoms with van der Waals surface area (Å²) in [4.78, 5) is 22.9. The number of urea groups is 1. The fraction of sp³-hybridized carbons (Fsp3) is 0.429. The first-order valence-corrected chi connectivity index (χ1v) is 7.42. The van der Waals surface area contributed by atoms with E-state index in [0.29, 0.717) is 35.9 Å². The van der Waals surface area contributed by atoms with Crippen molar-refractivity contribution in [1.82, 2.24) is 10.6 Å². The molecular formula is C14H16Cl2N2O3. The maximum absolute atomic E-state index is 11.7. The van der Waals surface area contributed by atoms with Gasteiger partial charge in [0.1, 0.15) is 5.54 Å². The van der Waals surface area contributed by atoms with Crippen LogP contribution in [0.4, 0.5) is 4.79 Å². The Hall–Kier alpha value is -1.46. The molecule has 0 spiro atoms. The van der Waals surface area contributed by atoms with Gasteiger partial charge in [-0.2, -0.15) is 0 Å². The van der Waals surface area contributed by atoms with Crippen molar-refractivity contribution in [3.63, 3.8) is 0 Å². The molecule has 0 bridgehead atoms. The summed E-state index contributed by atoms with van der Waals surface area (Å²) in [5.74, 6) is -0.982. The zero-order valence-corrected chi connectivity index (χ0v) is 12.8. The molecule has 21 heavy (non-hydrogen) atoms. The normalized spacial score (nSPS) is 15.9. The summed E-state index contributed by atoms with van der Waals surface area (Å²) >= 11 is 11.8. The van der Waals surface area contributed by atoms with E-state index in [4.69, 9.17) is 28.3 Å². The highest BCUT2D eigenvalue weighted by molar-refractivity contribution is 6.35. The maximum atomic E-state index is 11.7. The number of hydrogen-bond donors (Lipinski definition) is 3. The van der Waals surface area contributed by atoms with Gasteiger partial charge in [-0.3, -0.25) is 0 Å². The molecule has 1 aromatic rings. The van der Waals surface area contributed by atoms with Crippen molar-refractivity contribution in [2.45, 2.75) is 31.2 Å². The van der Waals surface area contributed by atoms with Gasteiger partial charge in [0.2, 0.25) is 0 Å². The molecule has 0 heterocycles. The summed E-state index contributed by atoms with van der Waals surface area (Å²) < 4.78 is 0. The molecule has 0 radical (unpaired) electrons. The van der Waals surface area contributed by atoms with Crippen LogP contribution >= 0.6 is 23.2 Å². The maximum Gasteiger partial charge on any atom is 0.329 e. The quantitative estimate of drug-likeness (QED) is 0.776. The topological polar surface area (TPSA) is 78.4 Å². The minimum Gasteiger partial charge on any atom is -0.480 e. The van der Waals surface area contributed by atoms with Gasteiger partial charge in [-0.15, -0.1) is 0 Å². The lowest BCUT2D eigenvalue weighted by Gasteiger charge is -2.38. The van der Waals surface area contributed by atoms with Crippen LogP contribution in [0.1, 0.15) is 24.8 Å². The molecule has 0 atom stereocenters. The molecule has 1 saturated carbocycles. The van der Waals surface area contributed by atoms with Gasteiger partial charge in [0.05, 0.1) is 0 Å². The molecule has 0 unspecified atom stereocenters. The average molecular weight is 331 g/mol. The van der Waals surface area contributed by atoms with Crippen LogP contribution in [0.5, 0.6) is 0 Å². The Morgan fingerprint density at radius 3 is 2.52 bits per heavy atom. The van der Waals surface area contributed by atoms with E-state index in [2.05, 4.69) is 10.6 Å². The molecule has 2 rings (SSSR count). The first kappa shape index (κ1) is 15.9. The molecule has 1 aliphatic rings. The molecule has 3 N–H and O–H groups in total. The Morgan fingerprint density at radius 2 is 2.00 bits per heavy atom. The lowest BCUT2D eigenvalue weighted by molar-refractivity contribution is -0.148. The third-order valence-corrected chi connectivity index (χ3v) is 4.25. The van der Waals surface area contributed by atoms with Crippen LogP contribution in [0.25, 0.3) is 0 Å². The first-order valence-electron chi connectivity index (χ1n) is 6.66. The SMILES string of the molecule is O=C(NCCc1ccc(Cl)cc1Cl)NC1(C(=O)O)CCC1. The Balaban J connectivity index is 1.80. The monoisotopic (exact) mass is 330 g/mol. The molecular weight excluding hydrogens is 315 g/mol. The third-order valence-electron chi connectivity index (χ3n) is 3.66. The largest absolute Gasteiger partial charge is 0.480 e. The lowest BCUT2D eigenvalue weighted by atomic mass is 9.77. The lowest BCUT2D eigenvalue weighted by Crippen LogP contribution is -2.61. The van der Waals surface area contributed by atoms with Crippen molar-refractivity contribution in [2.24, 2.45) is 0 Å². The zero-order valence-electron chi connectivity index (χ0n) is 11.3. The van der Waals surface area contributed by atoms with Crippen molar-refractivity contribution in [3.05, 3.63) is 33.8 Å². The molecule has 114 valence electrons. The van der Waals surface area contributed by atoms with E-state index in [1.165, 1.54) is 0 Å². The molecule has 0 aromatic heterocycles. The van der Waals surface area contributed by atoms with Gasteiger partial charge in [0, 0.05) is 16.6 Å². The Morgan fingerprint density at radius 1 is 1.29 bits per heavy atom. The Labute approximate surface area is 132 Å². The number of carboxylic acids is 1. The zero-order chi connectivity index (χ0) is 15.5. The standard InChI is InChI=1S/C14H16Cl2N2O3/c15-10-3-2-9(11(16)8-10)4-7-17-13(21)18-14(12(19)20)5-1-6-14/h2-3,8H,1,4-7H2,(H,19,20)(H2,17,18,21). The molecule has 7 heteroatoms. The van der Waals surface area contributed by atoms with Crippen molar-refractivity contribution < 1.29 is 14.7 Å². The predicted octanol–water partition coefficient (Wildman–Crippen LogP) is 2.84. The minimum atomic E-state index is -1.10. The van der Waals surface area contributed by atoms with E-state index in [1.807, 2.05) is 0 Å². The summed E-state index contributed by atoms with van der Waals surface area (Å²) in [5.41, 5.74) is -0.222. The highest BCUT2D eigenvalue weighted by atomic mass is 35.5. The molecule has 0 saturated heterocycles. The average Bonchev–Trinajstić information content (AvgIpc) is 2.36. The Kier molecular flexibility index (Phi) is 4.96. The first-order chi connectivity index (χ1) is 9.93. The summed E-state index contributed by atoms with van der Waals surface area (Å²) in [6, 6.07) is 4.71. The second-order valence-electron chi connectivity index (χ2n) is 5.11. The molecule has 1 aromatic carbocycles. The minimum absolute atomic E-state index is 0.364. The van der Waals surface area contributed by atoms with Gasteiger partial charge in [0.15, 0.2) is 0 Å². The second-order valence-corrected chi connectivity index (χ2v) is 5.95. The number of carbonyl (C=O) groups is 2. The van der Waals surface area contributed by atoms with Crippen LogP contribution in [0, 0.1) is 0 Å². The number of aliphatic carboxylic acids is 1. The van der Waals surface area contributed by atoms with Crippen LogP contribution in [0.15, 0.2) is 18.2 Å². The number of rotatable bonds is 5. The molecule has 5 nitrogen and oxygen atoms in total. The number of amides is 2. The number of hydrogen-bond acceptors (Lipinski definition) is 2. The smallest absolute Gasteiger partial charge is 0.329 e. The van der Waals surface area contributed by atoms with E-state index in [9.17, 15) is 9.59 Å². The second kappa shape index (κ2) is 6.54. The van der Waals surface area contributed by atoms with Gasteiger partial charge >= 0.3 is 12.0 Å². The fourth-order valence-corrected chi connectivity index (χ4v) is 2.72. The van der Waals surface area contributed by atoms with Crippen molar-refractivity contribution >= 4 is 35.2 Å². The summed E-state index contributed by atoms with van der Waals surface area (Å²) in [7, 11) is 0. The van der Waals surface area contributed by atoms with Gasteiger partial charge in [-0.25, -0.2) is 9.59 Å². The van der Waals surface area contributed by atoms with Crippen molar-refractivity contribution in [2.75, 3.05) is 6.54 Å². The third kappa shape index (κ3) is 3.80. The van der Waals surface area contributed by atoms with E-state index in [0.717, 1.165) is 12.0 Å². The van der Waals surface area contributed by atoms with Crippen LogP contribution in [-0.4, -0.2) is 29.2 Å². The predicted molar refractivity (Wildman–Crippen MR) is 80.9 cm³/mol. The van der Waals surface area contributed by atoms with Crippen molar-refractivity contribution in [1.29, 1.82) is 0 Å². The summed E-state index contributed by atoms with van der Waals surface area (Å²) in [6.07, 6.45) is 2.30. The molecule has 1 aliphatic carbocycles. The fourth-order valence-electron chi connectivity index (χ4n) is 2.22. The van der Waals surface area contributed by atoms with E-state index in [1.54, 1.807) is 18.2 Å². The molecule has 0 aliphatic heterocycles. The van der Waals surface area contributed by atoms with Crippen molar-refractivity contribution in [3.8, 4) is 0 Å². The van der Waals surface area contributed by atoms with E-state index >= 15 is 0 Å². The highest BCUT2D eigenvalue weighted by Crippen LogP contribution is 2.31. The number of halogens is 2. The van der Waals surface area contributed by atoms with Gasteiger partial charge < -0.3 is 15.7 Å². The van der Waals surface area contributed by atoms with Gasteiger partial charge in [-0.1, -0.05) is 29.3 Å². The van der Waals surface area contributed by atoms with E-state index in [-0.39, 0.29) is 0 Å². The van der Waals surface area contributed by atoms with Crippen LogP contribution in [-0.2, 0) is 11.2 Å². The Bertz CT molecular complexity index is 559. The number of carbonyl (C=O) groups excluding carboxylic acids is 1. The summed E-state index contributed by atoms with van der Waals surface area (Å²) in [6.45, 7) is 0.364. The molecule has 2 amide bonds. The number of benzene rings is 1. The number of carboxylic acid groups (broad SMARTS) is 1. The van der Waals surface area contributed by atoms with Crippen LogP contribution < -0.4 is 10.6 Å². The van der Waals surface area contributed by atoms with Gasteiger partial charge in [-0.05, 0) is 43.4 Å². The van der Waals surface area contributed by atoms with Crippen LogP contribution in [0.2, 0.25) is 10.0 Å². The molecule has 1 fully saturated rings. The van der Waals surface area contributed by atoms with E-state index < -0.39 is 17.5 Å². The highest BCUT2D eigenvalue weighted by Gasteiger charge is 2.45. The van der Waals surface area contributed by atoms with Crippen LogP contribution in [0.3, 0.4) is 0 Å². The summed E-state index contributed by atoms with van der Waals surface area (Å²) in [5, 5.41) is 15.4. The van der Waals surface area contributed by atoms with Gasteiger partial charge in [0.25, 0.3) is 0 Å². The number of nitrogens with one attached hydrogen (secondary N) is 2.